The molecule has 0 saturated heterocycles. The number of anilines is 3. The Hall–Kier alpha value is -4.00. The maximum absolute atomic E-state index is 8.34. The van der Waals surface area contributed by atoms with Gasteiger partial charge in [-0.3, -0.25) is 16.1 Å². The molecule has 0 heterocycles. The summed E-state index contributed by atoms with van der Waals surface area (Å²) in [7, 11) is 0. The molecule has 7 heteroatoms. The van der Waals surface area contributed by atoms with Gasteiger partial charge in [0.2, 0.25) is 0 Å². The van der Waals surface area contributed by atoms with Crippen LogP contribution in [-0.4, -0.2) is 24.1 Å². The summed E-state index contributed by atoms with van der Waals surface area (Å²) in [5.74, 6) is 0.0372. The van der Waals surface area contributed by atoms with Crippen molar-refractivity contribution in [1.29, 1.82) is 10.8 Å². The summed E-state index contributed by atoms with van der Waals surface area (Å²) in [4.78, 5) is 0. The van der Waals surface area contributed by atoms with Crippen LogP contribution in [0, 0.1) is 17.7 Å². The molecule has 0 amide bonds. The number of guanidine groups is 2. The summed E-state index contributed by atoms with van der Waals surface area (Å²) in [5, 5.41) is 32.3. The van der Waals surface area contributed by atoms with E-state index in [1.165, 1.54) is 0 Å². The zero-order chi connectivity index (χ0) is 22.1. The van der Waals surface area contributed by atoms with Crippen LogP contribution in [0.25, 0.3) is 0 Å². The first-order valence-corrected chi connectivity index (χ1v) is 10.2. The number of benzene rings is 3. The Morgan fingerprint density at radius 3 is 1.87 bits per heavy atom. The Balaban J connectivity index is 1.64. The van der Waals surface area contributed by atoms with Crippen molar-refractivity contribution in [2.45, 2.75) is 26.1 Å². The van der Waals surface area contributed by atoms with Gasteiger partial charge in [0.1, 0.15) is 6.17 Å². The van der Waals surface area contributed by atoms with Crippen LogP contribution in [0.15, 0.2) is 84.9 Å². The fourth-order valence-corrected chi connectivity index (χ4v) is 3.08. The van der Waals surface area contributed by atoms with Crippen LogP contribution in [0.4, 0.5) is 17.1 Å². The highest BCUT2D eigenvalue weighted by molar-refractivity contribution is 6.03. The van der Waals surface area contributed by atoms with Gasteiger partial charge in [-0.25, -0.2) is 0 Å². The average molecular weight is 416 g/mol. The van der Waals surface area contributed by atoms with E-state index in [1.54, 1.807) is 0 Å². The van der Waals surface area contributed by atoms with E-state index in [1.807, 2.05) is 98.8 Å². The second-order valence-corrected chi connectivity index (χ2v) is 7.25. The minimum Gasteiger partial charge on any atom is -0.379 e. The summed E-state index contributed by atoms with van der Waals surface area (Å²) >= 11 is 0. The van der Waals surface area contributed by atoms with Gasteiger partial charge in [0.15, 0.2) is 11.9 Å². The Kier molecular flexibility index (Phi) is 7.48. The lowest BCUT2D eigenvalue weighted by atomic mass is 10.2. The molecule has 3 aromatic carbocycles. The van der Waals surface area contributed by atoms with E-state index in [-0.39, 0.29) is 24.1 Å². The SMILES string of the molecule is Cc1ccccc1NC(=N)NC(=N)NC(Nc1ccccc1)C(C)Nc1ccccc1. The molecule has 3 rings (SSSR count). The van der Waals surface area contributed by atoms with Gasteiger partial charge in [-0.1, -0.05) is 54.6 Å². The summed E-state index contributed by atoms with van der Waals surface area (Å²) < 4.78 is 0. The second kappa shape index (κ2) is 10.7. The van der Waals surface area contributed by atoms with Crippen LogP contribution in [0.2, 0.25) is 0 Å². The first kappa shape index (κ1) is 21.7. The fourth-order valence-electron chi connectivity index (χ4n) is 3.08. The maximum atomic E-state index is 8.34. The van der Waals surface area contributed by atoms with Gasteiger partial charge in [0, 0.05) is 17.1 Å². The molecule has 3 aromatic rings. The molecule has 0 aliphatic rings. The largest absolute Gasteiger partial charge is 0.379 e. The van der Waals surface area contributed by atoms with E-state index in [2.05, 4.69) is 26.6 Å². The molecule has 7 nitrogen and oxygen atoms in total. The quantitative estimate of drug-likeness (QED) is 0.176. The lowest BCUT2D eigenvalue weighted by Gasteiger charge is -2.29. The van der Waals surface area contributed by atoms with Gasteiger partial charge in [0.05, 0.1) is 6.04 Å². The molecular weight excluding hydrogens is 386 g/mol. The van der Waals surface area contributed by atoms with Crippen LogP contribution in [-0.2, 0) is 0 Å². The molecule has 0 bridgehead atoms. The predicted octanol–water partition coefficient (Wildman–Crippen LogP) is 4.39. The molecule has 0 spiro atoms. The lowest BCUT2D eigenvalue weighted by molar-refractivity contribution is 0.588. The Bertz CT molecular complexity index is 989. The normalized spacial score (nSPS) is 12.2. The third-order valence-electron chi connectivity index (χ3n) is 4.72. The molecule has 2 atom stereocenters. The molecule has 0 aliphatic carbocycles. The van der Waals surface area contributed by atoms with Crippen molar-refractivity contribution in [2.75, 3.05) is 16.0 Å². The minimum atomic E-state index is -0.311. The van der Waals surface area contributed by atoms with E-state index in [4.69, 9.17) is 10.8 Å². The molecular formula is C24H29N7. The zero-order valence-corrected chi connectivity index (χ0v) is 17.7. The van der Waals surface area contributed by atoms with Crippen LogP contribution >= 0.6 is 0 Å². The van der Waals surface area contributed by atoms with Crippen LogP contribution in [0.3, 0.4) is 0 Å². The van der Waals surface area contributed by atoms with Gasteiger partial charge < -0.3 is 21.3 Å². The first-order chi connectivity index (χ1) is 15.0. The van der Waals surface area contributed by atoms with Crippen molar-refractivity contribution < 1.29 is 0 Å². The van der Waals surface area contributed by atoms with E-state index in [9.17, 15) is 0 Å². The van der Waals surface area contributed by atoms with E-state index >= 15 is 0 Å². The van der Waals surface area contributed by atoms with Crippen molar-refractivity contribution in [3.8, 4) is 0 Å². The van der Waals surface area contributed by atoms with Gasteiger partial charge in [0.25, 0.3) is 0 Å². The summed E-state index contributed by atoms with van der Waals surface area (Å²) in [6.45, 7) is 4.00. The van der Waals surface area contributed by atoms with Crippen LogP contribution < -0.4 is 26.6 Å². The highest BCUT2D eigenvalue weighted by Crippen LogP contribution is 2.13. The second-order valence-electron chi connectivity index (χ2n) is 7.25. The lowest BCUT2D eigenvalue weighted by Crippen LogP contribution is -2.55. The average Bonchev–Trinajstić information content (AvgIpc) is 2.76. The number of aryl methyl sites for hydroxylation is 1. The van der Waals surface area contributed by atoms with E-state index in [0.717, 1.165) is 22.6 Å². The molecule has 0 radical (unpaired) electrons. The van der Waals surface area contributed by atoms with Crippen molar-refractivity contribution in [1.82, 2.24) is 10.6 Å². The number of hydrogen-bond acceptors (Lipinski definition) is 4. The molecule has 2 unspecified atom stereocenters. The molecule has 31 heavy (non-hydrogen) atoms. The van der Waals surface area contributed by atoms with Crippen molar-refractivity contribution in [2.24, 2.45) is 0 Å². The highest BCUT2D eigenvalue weighted by Gasteiger charge is 2.19. The number of para-hydroxylation sites is 3. The van der Waals surface area contributed by atoms with Gasteiger partial charge in [-0.15, -0.1) is 0 Å². The molecule has 0 saturated carbocycles. The predicted molar refractivity (Wildman–Crippen MR) is 130 cm³/mol. The first-order valence-electron chi connectivity index (χ1n) is 10.2. The third-order valence-corrected chi connectivity index (χ3v) is 4.72. The van der Waals surface area contributed by atoms with Gasteiger partial charge in [-0.2, -0.15) is 0 Å². The standard InChI is InChI=1S/C24H29N7/c1-17-11-9-10-16-21(17)29-23(25)31-24(26)30-22(28-20-14-7-4-8-15-20)18(2)27-19-12-5-3-6-13-19/h3-16,18,22,27-28H,1-2H3,(H5,25,26,29,30,31). The maximum Gasteiger partial charge on any atom is 0.199 e. The van der Waals surface area contributed by atoms with Crippen LogP contribution in [0.1, 0.15) is 12.5 Å². The molecule has 0 aliphatic heterocycles. The fraction of sp³-hybridized carbons (Fsp3) is 0.167. The summed E-state index contributed by atoms with van der Waals surface area (Å²) in [5.41, 5.74) is 3.77. The van der Waals surface area contributed by atoms with Gasteiger partial charge >= 0.3 is 0 Å². The van der Waals surface area contributed by atoms with E-state index in [0.29, 0.717) is 0 Å². The Labute approximate surface area is 183 Å². The van der Waals surface area contributed by atoms with E-state index < -0.39 is 0 Å². The monoisotopic (exact) mass is 415 g/mol. The Morgan fingerprint density at radius 1 is 0.710 bits per heavy atom. The van der Waals surface area contributed by atoms with Crippen molar-refractivity contribution >= 4 is 29.0 Å². The topological polar surface area (TPSA) is 108 Å². The molecule has 160 valence electrons. The number of nitrogens with one attached hydrogen (secondary N) is 7. The molecule has 7 N–H and O–H groups in total. The smallest absolute Gasteiger partial charge is 0.199 e. The van der Waals surface area contributed by atoms with Gasteiger partial charge in [-0.05, 0) is 49.7 Å². The summed E-state index contributed by atoms with van der Waals surface area (Å²) in [6, 6.07) is 27.4. The van der Waals surface area contributed by atoms with Crippen molar-refractivity contribution in [3.05, 3.63) is 90.5 Å². The molecule has 0 fully saturated rings. The number of rotatable bonds is 7. The summed E-state index contributed by atoms with van der Waals surface area (Å²) in [6.07, 6.45) is -0.311. The number of hydrogen-bond donors (Lipinski definition) is 7. The third kappa shape index (κ3) is 6.78. The Morgan fingerprint density at radius 2 is 1.26 bits per heavy atom. The molecule has 0 aromatic heterocycles. The van der Waals surface area contributed by atoms with Crippen LogP contribution in [0.5, 0.6) is 0 Å². The highest BCUT2D eigenvalue weighted by atomic mass is 15.3. The zero-order valence-electron chi connectivity index (χ0n) is 17.7. The minimum absolute atomic E-state index is 0.0150. The van der Waals surface area contributed by atoms with Crippen molar-refractivity contribution in [3.63, 3.8) is 0 Å².